The molecule has 0 fully saturated rings. The van der Waals surface area contributed by atoms with Gasteiger partial charge in [-0.05, 0) is 18.1 Å². The van der Waals surface area contributed by atoms with Crippen molar-refractivity contribution >= 4 is 11.6 Å². The van der Waals surface area contributed by atoms with Gasteiger partial charge in [0.15, 0.2) is 0 Å². The zero-order chi connectivity index (χ0) is 14.4. The minimum atomic E-state index is -0.252. The molecular weight excluding hydrogens is 301 g/mol. The second kappa shape index (κ2) is 9.25. The molecule has 0 aliphatic heterocycles. The predicted octanol–water partition coefficient (Wildman–Crippen LogP) is 3.90. The molecule has 0 spiro atoms. The fourth-order valence-electron chi connectivity index (χ4n) is 1.44. The van der Waals surface area contributed by atoms with Crippen LogP contribution in [-0.2, 0) is 42.3 Å². The largest absolute Gasteiger partial charge is 0.340 e. The molecule has 0 heterocycles. The van der Waals surface area contributed by atoms with Crippen LogP contribution in [0, 0.1) is 30.6 Å². The van der Waals surface area contributed by atoms with Crippen molar-refractivity contribution in [2.24, 2.45) is 16.7 Å². The van der Waals surface area contributed by atoms with E-state index in [0.29, 0.717) is 0 Å². The number of rotatable bonds is 2. The van der Waals surface area contributed by atoms with Crippen LogP contribution < -0.4 is 0 Å². The molecule has 0 aromatic carbocycles. The summed E-state index contributed by atoms with van der Waals surface area (Å²) in [5, 5.41) is 0. The van der Waals surface area contributed by atoms with Gasteiger partial charge >= 0.3 is 0 Å². The SMILES string of the molecule is [CH2-]C(C)=O.[CH2-]C(CC(C)(C)C)C(=O)C(C)(C)C.[Y]. The van der Waals surface area contributed by atoms with Gasteiger partial charge in [-0.2, -0.15) is 0 Å². The first-order valence-electron chi connectivity index (χ1n) is 5.97. The zero-order valence-corrected chi connectivity index (χ0v) is 15.9. The zero-order valence-electron chi connectivity index (χ0n) is 13.1. The molecule has 0 saturated carbocycles. The van der Waals surface area contributed by atoms with Gasteiger partial charge in [0.1, 0.15) is 5.78 Å². The van der Waals surface area contributed by atoms with Crippen LogP contribution in [0.15, 0.2) is 0 Å². The molecule has 0 saturated heterocycles. The molecule has 0 aromatic rings. The first-order chi connectivity index (χ1) is 7.27. The second-order valence-corrected chi connectivity index (χ2v) is 6.78. The van der Waals surface area contributed by atoms with E-state index in [4.69, 9.17) is 0 Å². The van der Waals surface area contributed by atoms with Crippen LogP contribution in [-0.4, -0.2) is 11.6 Å². The van der Waals surface area contributed by atoms with Crippen LogP contribution in [0.2, 0.25) is 0 Å². The summed E-state index contributed by atoms with van der Waals surface area (Å²) >= 11 is 0. The van der Waals surface area contributed by atoms with Crippen LogP contribution >= 0.6 is 0 Å². The molecule has 0 aromatic heterocycles. The summed E-state index contributed by atoms with van der Waals surface area (Å²) in [6.45, 7) is 20.6. The molecule has 0 aliphatic carbocycles. The molecular formula is C15H28O2Y-2. The molecule has 105 valence electrons. The average molecular weight is 329 g/mol. The third-order valence-electron chi connectivity index (χ3n) is 1.97. The van der Waals surface area contributed by atoms with Crippen molar-refractivity contribution < 1.29 is 42.3 Å². The minimum absolute atomic E-state index is 0. The average Bonchev–Trinajstić information content (AvgIpc) is 1.96. The Morgan fingerprint density at radius 2 is 1.33 bits per heavy atom. The Balaban J connectivity index is -0.000000392. The normalized spacial score (nSPS) is 12.7. The van der Waals surface area contributed by atoms with Crippen molar-refractivity contribution in [1.29, 1.82) is 0 Å². The molecule has 1 unspecified atom stereocenters. The Bertz CT molecular complexity index is 253. The Labute approximate surface area is 139 Å². The van der Waals surface area contributed by atoms with Gasteiger partial charge in [-0.1, -0.05) is 48.0 Å². The maximum atomic E-state index is 11.8. The fraction of sp³-hybridized carbons (Fsp3) is 0.733. The molecule has 0 rings (SSSR count). The number of carbonyl (C=O) groups excluding carboxylic acids is 2. The molecule has 0 bridgehead atoms. The first-order valence-corrected chi connectivity index (χ1v) is 5.97. The minimum Gasteiger partial charge on any atom is -0.340 e. The molecule has 0 amide bonds. The van der Waals surface area contributed by atoms with Gasteiger partial charge in [-0.15, -0.1) is 5.92 Å². The van der Waals surface area contributed by atoms with Gasteiger partial charge in [0, 0.05) is 38.1 Å². The number of hydrogen-bond donors (Lipinski definition) is 0. The summed E-state index contributed by atoms with van der Waals surface area (Å²) in [5.74, 6) is 0.113. The van der Waals surface area contributed by atoms with Gasteiger partial charge in [-0.25, -0.2) is 0 Å². The van der Waals surface area contributed by atoms with Crippen LogP contribution in [0.1, 0.15) is 54.9 Å². The van der Waals surface area contributed by atoms with E-state index in [2.05, 4.69) is 34.6 Å². The van der Waals surface area contributed by atoms with Crippen LogP contribution in [0.3, 0.4) is 0 Å². The van der Waals surface area contributed by atoms with Crippen LogP contribution in [0.25, 0.3) is 0 Å². The van der Waals surface area contributed by atoms with Gasteiger partial charge in [-0.3, -0.25) is 0 Å². The first kappa shape index (κ1) is 23.4. The van der Waals surface area contributed by atoms with Crippen molar-refractivity contribution in [3.8, 4) is 0 Å². The molecule has 1 atom stereocenters. The molecule has 18 heavy (non-hydrogen) atoms. The van der Waals surface area contributed by atoms with E-state index < -0.39 is 0 Å². The third-order valence-corrected chi connectivity index (χ3v) is 1.97. The standard InChI is InChI=1S/C12H23O.C3H5O.Y/c1-9(8-11(2,3)4)10(13)12(5,6)7;1-3(2)4;/h9H,1,8H2,2-7H3;1H2,2H3;/q2*-1;. The number of Topliss-reactive ketones (excluding diaryl/α,β-unsaturated/α-hetero) is 2. The van der Waals surface area contributed by atoms with Gasteiger partial charge in [0.05, 0.1) is 0 Å². The molecule has 2 nitrogen and oxygen atoms in total. The quantitative estimate of drug-likeness (QED) is 0.720. The van der Waals surface area contributed by atoms with Gasteiger partial charge < -0.3 is 23.4 Å². The van der Waals surface area contributed by atoms with E-state index in [1.165, 1.54) is 6.92 Å². The summed E-state index contributed by atoms with van der Waals surface area (Å²) in [6.07, 6.45) is 0.864. The summed E-state index contributed by atoms with van der Waals surface area (Å²) in [7, 11) is 0. The smallest absolute Gasteiger partial charge is 0.111 e. The molecule has 0 N–H and O–H groups in total. The topological polar surface area (TPSA) is 34.1 Å². The summed E-state index contributed by atoms with van der Waals surface area (Å²) in [5.41, 5.74) is -0.0645. The molecule has 1 radical (unpaired) electrons. The Hall–Kier alpha value is 0.314. The van der Waals surface area contributed by atoms with Crippen molar-refractivity contribution in [1.82, 2.24) is 0 Å². The predicted molar refractivity (Wildman–Crippen MR) is 73.4 cm³/mol. The monoisotopic (exact) mass is 329 g/mol. The van der Waals surface area contributed by atoms with Crippen molar-refractivity contribution in [2.45, 2.75) is 54.9 Å². The summed E-state index contributed by atoms with van der Waals surface area (Å²) in [4.78, 5) is 21.1. The van der Waals surface area contributed by atoms with Crippen molar-refractivity contribution in [2.75, 3.05) is 0 Å². The van der Waals surface area contributed by atoms with Crippen molar-refractivity contribution in [3.05, 3.63) is 13.8 Å². The third kappa shape index (κ3) is 16.3. The second-order valence-electron chi connectivity index (χ2n) is 6.78. The summed E-state index contributed by atoms with van der Waals surface area (Å²) < 4.78 is 0. The molecule has 3 heteroatoms. The fourth-order valence-corrected chi connectivity index (χ4v) is 1.44. The van der Waals surface area contributed by atoms with E-state index in [-0.39, 0.29) is 61.0 Å². The van der Waals surface area contributed by atoms with E-state index in [9.17, 15) is 9.59 Å². The van der Waals surface area contributed by atoms with E-state index in [0.717, 1.165) is 6.42 Å². The number of ketones is 2. The summed E-state index contributed by atoms with van der Waals surface area (Å²) in [6, 6.07) is 0. The maximum Gasteiger partial charge on any atom is 0.111 e. The molecule has 0 aliphatic rings. The Kier molecular flexibility index (Phi) is 12.0. The van der Waals surface area contributed by atoms with Crippen molar-refractivity contribution in [3.63, 3.8) is 0 Å². The van der Waals surface area contributed by atoms with E-state index in [1.807, 2.05) is 20.8 Å². The van der Waals surface area contributed by atoms with Crippen LogP contribution in [0.4, 0.5) is 0 Å². The van der Waals surface area contributed by atoms with Gasteiger partial charge in [0.25, 0.3) is 0 Å². The maximum absolute atomic E-state index is 11.8. The van der Waals surface area contributed by atoms with Gasteiger partial charge in [0.2, 0.25) is 0 Å². The number of carbonyl (C=O) groups is 2. The Morgan fingerprint density at radius 1 is 1.06 bits per heavy atom. The Morgan fingerprint density at radius 3 is 1.50 bits per heavy atom. The van der Waals surface area contributed by atoms with E-state index in [1.54, 1.807) is 0 Å². The van der Waals surface area contributed by atoms with Crippen LogP contribution in [0.5, 0.6) is 0 Å². The van der Waals surface area contributed by atoms with E-state index >= 15 is 0 Å². The number of hydrogen-bond acceptors (Lipinski definition) is 2.